The number of amides is 1. The zero-order valence-corrected chi connectivity index (χ0v) is 10.7. The molecule has 1 unspecified atom stereocenters. The molecule has 2 N–H and O–H groups in total. The van der Waals surface area contributed by atoms with Crippen LogP contribution in [0.3, 0.4) is 0 Å². The van der Waals surface area contributed by atoms with E-state index in [-0.39, 0.29) is 18.4 Å². The van der Waals surface area contributed by atoms with Crippen molar-refractivity contribution in [2.45, 2.75) is 27.2 Å². The molecular weight excluding hydrogens is 216 g/mol. The van der Waals surface area contributed by atoms with Crippen molar-refractivity contribution in [2.75, 3.05) is 13.2 Å². The van der Waals surface area contributed by atoms with Crippen LogP contribution in [-0.4, -0.2) is 29.1 Å². The molecule has 0 radical (unpaired) electrons. The zero-order valence-electron chi connectivity index (χ0n) is 10.7. The van der Waals surface area contributed by atoms with Crippen LogP contribution >= 0.6 is 0 Å². The highest BCUT2D eigenvalue weighted by atomic mass is 16.3. The normalized spacial score (nSPS) is 12.2. The molecule has 1 aromatic heterocycles. The van der Waals surface area contributed by atoms with E-state index in [1.165, 1.54) is 0 Å². The van der Waals surface area contributed by atoms with Crippen LogP contribution in [0.2, 0.25) is 0 Å². The lowest BCUT2D eigenvalue weighted by Crippen LogP contribution is -2.29. The first-order valence-electron chi connectivity index (χ1n) is 5.88. The van der Waals surface area contributed by atoms with Gasteiger partial charge in [0, 0.05) is 18.8 Å². The Morgan fingerprint density at radius 2 is 2.18 bits per heavy atom. The molecule has 0 saturated heterocycles. The summed E-state index contributed by atoms with van der Waals surface area (Å²) in [5.74, 6) is 0.183. The number of carbonyl (C=O) groups excluding carboxylic acids is 1. The van der Waals surface area contributed by atoms with Gasteiger partial charge in [-0.25, -0.2) is 0 Å². The Kier molecular flexibility index (Phi) is 5.10. The van der Waals surface area contributed by atoms with Crippen LogP contribution in [-0.2, 0) is 0 Å². The average molecular weight is 236 g/mol. The van der Waals surface area contributed by atoms with Gasteiger partial charge in [0.2, 0.25) is 0 Å². The highest BCUT2D eigenvalue weighted by Crippen LogP contribution is 2.07. The van der Waals surface area contributed by atoms with E-state index in [4.69, 9.17) is 5.11 Å². The van der Waals surface area contributed by atoms with E-state index in [1.807, 2.05) is 26.8 Å². The molecule has 0 aromatic carbocycles. The third-order valence-corrected chi connectivity index (χ3v) is 2.70. The number of nitrogens with one attached hydrogen (secondary N) is 1. The maximum atomic E-state index is 11.9. The molecule has 94 valence electrons. The first-order chi connectivity index (χ1) is 8.04. The number of nitrogens with zero attached hydrogens (tertiary/aromatic N) is 1. The first kappa shape index (κ1) is 13.6. The summed E-state index contributed by atoms with van der Waals surface area (Å²) in [6.45, 7) is 6.46. The SMILES string of the molecule is Cc1ccc(C(=O)NCC(C)CCO)c(C)n1. The average Bonchev–Trinajstić information content (AvgIpc) is 2.26. The van der Waals surface area contributed by atoms with Crippen molar-refractivity contribution in [3.63, 3.8) is 0 Å². The summed E-state index contributed by atoms with van der Waals surface area (Å²) in [6.07, 6.45) is 0.700. The largest absolute Gasteiger partial charge is 0.396 e. The van der Waals surface area contributed by atoms with Crippen molar-refractivity contribution in [3.05, 3.63) is 29.1 Å². The van der Waals surface area contributed by atoms with E-state index in [0.29, 0.717) is 18.5 Å². The predicted molar refractivity (Wildman–Crippen MR) is 66.9 cm³/mol. The maximum Gasteiger partial charge on any atom is 0.253 e. The number of aliphatic hydroxyl groups is 1. The Labute approximate surface area is 102 Å². The van der Waals surface area contributed by atoms with Crippen molar-refractivity contribution in [3.8, 4) is 0 Å². The highest BCUT2D eigenvalue weighted by Gasteiger charge is 2.10. The molecule has 0 fully saturated rings. The van der Waals surface area contributed by atoms with Gasteiger partial charge >= 0.3 is 0 Å². The molecular formula is C13H20N2O2. The number of aromatic nitrogens is 1. The van der Waals surface area contributed by atoms with Crippen LogP contribution in [0.1, 0.15) is 35.1 Å². The Hall–Kier alpha value is -1.42. The topological polar surface area (TPSA) is 62.2 Å². The molecule has 1 heterocycles. The second-order valence-corrected chi connectivity index (χ2v) is 4.41. The Bertz CT molecular complexity index is 391. The Morgan fingerprint density at radius 3 is 2.76 bits per heavy atom. The van der Waals surface area contributed by atoms with Crippen molar-refractivity contribution in [1.82, 2.24) is 10.3 Å². The van der Waals surface area contributed by atoms with Crippen LogP contribution in [0.15, 0.2) is 12.1 Å². The van der Waals surface area contributed by atoms with E-state index >= 15 is 0 Å². The summed E-state index contributed by atoms with van der Waals surface area (Å²) in [5, 5.41) is 11.6. The quantitative estimate of drug-likeness (QED) is 0.813. The van der Waals surface area contributed by atoms with E-state index in [1.54, 1.807) is 6.07 Å². The van der Waals surface area contributed by atoms with Crippen molar-refractivity contribution < 1.29 is 9.90 Å². The lowest BCUT2D eigenvalue weighted by Gasteiger charge is -2.12. The predicted octanol–water partition coefficient (Wildman–Crippen LogP) is 1.45. The molecule has 17 heavy (non-hydrogen) atoms. The van der Waals surface area contributed by atoms with E-state index in [9.17, 15) is 4.79 Å². The van der Waals surface area contributed by atoms with Crippen molar-refractivity contribution in [1.29, 1.82) is 0 Å². The van der Waals surface area contributed by atoms with Gasteiger partial charge in [-0.1, -0.05) is 6.92 Å². The van der Waals surface area contributed by atoms with Crippen LogP contribution in [0, 0.1) is 19.8 Å². The number of pyridine rings is 1. The van der Waals surface area contributed by atoms with Gasteiger partial charge in [-0.15, -0.1) is 0 Å². The third-order valence-electron chi connectivity index (χ3n) is 2.70. The highest BCUT2D eigenvalue weighted by molar-refractivity contribution is 5.95. The van der Waals surface area contributed by atoms with Crippen molar-refractivity contribution >= 4 is 5.91 Å². The summed E-state index contributed by atoms with van der Waals surface area (Å²) in [5.41, 5.74) is 2.27. The molecule has 0 saturated carbocycles. The second-order valence-electron chi connectivity index (χ2n) is 4.41. The number of hydrogen-bond donors (Lipinski definition) is 2. The molecule has 0 aliphatic heterocycles. The molecule has 1 amide bonds. The van der Waals surface area contributed by atoms with Crippen LogP contribution < -0.4 is 5.32 Å². The van der Waals surface area contributed by atoms with Crippen molar-refractivity contribution in [2.24, 2.45) is 5.92 Å². The molecule has 0 spiro atoms. The Morgan fingerprint density at radius 1 is 1.47 bits per heavy atom. The van der Waals surface area contributed by atoms with Gasteiger partial charge in [0.1, 0.15) is 0 Å². The maximum absolute atomic E-state index is 11.9. The second kappa shape index (κ2) is 6.35. The number of hydrogen-bond acceptors (Lipinski definition) is 3. The van der Waals surface area contributed by atoms with Crippen LogP contribution in [0.25, 0.3) is 0 Å². The van der Waals surface area contributed by atoms with E-state index in [2.05, 4.69) is 10.3 Å². The molecule has 1 atom stereocenters. The van der Waals surface area contributed by atoms with Gasteiger partial charge < -0.3 is 10.4 Å². The van der Waals surface area contributed by atoms with E-state index in [0.717, 1.165) is 11.4 Å². The summed E-state index contributed by atoms with van der Waals surface area (Å²) in [6, 6.07) is 3.63. The van der Waals surface area contributed by atoms with Gasteiger partial charge in [-0.2, -0.15) is 0 Å². The molecule has 4 heteroatoms. The smallest absolute Gasteiger partial charge is 0.253 e. The van der Waals surface area contributed by atoms with Gasteiger partial charge in [0.05, 0.1) is 11.3 Å². The fourth-order valence-electron chi connectivity index (χ4n) is 1.61. The van der Waals surface area contributed by atoms with Crippen LogP contribution in [0.4, 0.5) is 0 Å². The van der Waals surface area contributed by atoms with Gasteiger partial charge in [-0.05, 0) is 38.3 Å². The van der Waals surface area contributed by atoms with Crippen LogP contribution in [0.5, 0.6) is 0 Å². The minimum atomic E-state index is -0.0974. The fourth-order valence-corrected chi connectivity index (χ4v) is 1.61. The van der Waals surface area contributed by atoms with Gasteiger partial charge in [0.15, 0.2) is 0 Å². The minimum Gasteiger partial charge on any atom is -0.396 e. The summed E-state index contributed by atoms with van der Waals surface area (Å²) in [4.78, 5) is 16.1. The summed E-state index contributed by atoms with van der Waals surface area (Å²) < 4.78 is 0. The lowest BCUT2D eigenvalue weighted by atomic mass is 10.1. The molecule has 0 aliphatic rings. The lowest BCUT2D eigenvalue weighted by molar-refractivity contribution is 0.0944. The van der Waals surface area contributed by atoms with E-state index < -0.39 is 0 Å². The number of aryl methyl sites for hydroxylation is 2. The van der Waals surface area contributed by atoms with Gasteiger partial charge in [0.25, 0.3) is 5.91 Å². The molecule has 1 rings (SSSR count). The standard InChI is InChI=1S/C13H20N2O2/c1-9(6-7-16)8-14-13(17)12-5-4-10(2)15-11(12)3/h4-5,9,16H,6-8H2,1-3H3,(H,14,17). The van der Waals surface area contributed by atoms with Gasteiger partial charge in [-0.3, -0.25) is 9.78 Å². The minimum absolute atomic E-state index is 0.0974. The molecule has 4 nitrogen and oxygen atoms in total. The molecule has 0 aliphatic carbocycles. The molecule has 1 aromatic rings. The zero-order chi connectivity index (χ0) is 12.8. The molecule has 0 bridgehead atoms. The summed E-state index contributed by atoms with van der Waals surface area (Å²) >= 11 is 0. The number of aliphatic hydroxyl groups excluding tert-OH is 1. The fraction of sp³-hybridized carbons (Fsp3) is 0.538. The summed E-state index contributed by atoms with van der Waals surface area (Å²) in [7, 11) is 0. The Balaban J connectivity index is 2.58. The monoisotopic (exact) mass is 236 g/mol. The number of carbonyl (C=O) groups is 1. The first-order valence-corrected chi connectivity index (χ1v) is 5.88. The number of rotatable bonds is 5. The third kappa shape index (κ3) is 4.15.